The summed E-state index contributed by atoms with van der Waals surface area (Å²) in [6, 6.07) is 0. The van der Waals surface area contributed by atoms with E-state index in [1.54, 1.807) is 24.7 Å². The van der Waals surface area contributed by atoms with Crippen LogP contribution in [0.2, 0.25) is 0 Å². The molecular formula is C12H17N5O2. The maximum Gasteiger partial charge on any atom is 0.360 e. The Morgan fingerprint density at radius 2 is 2.21 bits per heavy atom. The van der Waals surface area contributed by atoms with Crippen LogP contribution in [0.4, 0.5) is 0 Å². The van der Waals surface area contributed by atoms with Gasteiger partial charge >= 0.3 is 5.97 Å². The van der Waals surface area contributed by atoms with Crippen molar-refractivity contribution >= 4 is 5.97 Å². The molecule has 0 aliphatic carbocycles. The Morgan fingerprint density at radius 1 is 1.42 bits per heavy atom. The second kappa shape index (κ2) is 5.64. The van der Waals surface area contributed by atoms with Gasteiger partial charge in [-0.1, -0.05) is 5.21 Å². The van der Waals surface area contributed by atoms with Crippen molar-refractivity contribution < 1.29 is 9.53 Å². The van der Waals surface area contributed by atoms with Crippen molar-refractivity contribution in [2.45, 2.75) is 33.9 Å². The molecule has 7 heteroatoms. The third kappa shape index (κ3) is 2.64. The number of hydrogen-bond donors (Lipinski definition) is 0. The molecule has 19 heavy (non-hydrogen) atoms. The molecule has 0 saturated heterocycles. The van der Waals surface area contributed by atoms with Crippen molar-refractivity contribution in [2.75, 3.05) is 6.61 Å². The largest absolute Gasteiger partial charge is 0.461 e. The molecule has 0 spiro atoms. The van der Waals surface area contributed by atoms with Gasteiger partial charge in [-0.25, -0.2) is 14.5 Å². The highest BCUT2D eigenvalue weighted by Crippen LogP contribution is 2.08. The zero-order valence-electron chi connectivity index (χ0n) is 11.3. The van der Waals surface area contributed by atoms with Crippen LogP contribution in [-0.2, 0) is 17.8 Å². The van der Waals surface area contributed by atoms with Crippen LogP contribution in [-0.4, -0.2) is 37.1 Å². The molecule has 0 amide bonds. The molecule has 2 aromatic heterocycles. The third-order valence-electron chi connectivity index (χ3n) is 2.88. The molecule has 0 atom stereocenters. The molecule has 0 unspecified atom stereocenters. The second-order valence-corrected chi connectivity index (χ2v) is 4.03. The van der Waals surface area contributed by atoms with E-state index in [1.807, 2.05) is 17.7 Å². The molecule has 0 radical (unpaired) electrons. The molecule has 0 bridgehead atoms. The zero-order valence-corrected chi connectivity index (χ0v) is 11.3. The lowest BCUT2D eigenvalue weighted by molar-refractivity contribution is 0.0518. The van der Waals surface area contributed by atoms with Crippen LogP contribution in [0.1, 0.15) is 35.9 Å². The van der Waals surface area contributed by atoms with Crippen molar-refractivity contribution in [3.05, 3.63) is 29.6 Å². The van der Waals surface area contributed by atoms with Crippen LogP contribution in [0.15, 0.2) is 12.4 Å². The number of esters is 1. The number of aryl methyl sites for hydroxylation is 1. The van der Waals surface area contributed by atoms with Gasteiger partial charge < -0.3 is 9.30 Å². The SMILES string of the molecule is CCOC(=O)c1nnn(Cc2nccn2CC)c1C. The van der Waals surface area contributed by atoms with Crippen LogP contribution in [0.3, 0.4) is 0 Å². The summed E-state index contributed by atoms with van der Waals surface area (Å²) in [4.78, 5) is 15.9. The van der Waals surface area contributed by atoms with E-state index in [1.165, 1.54) is 0 Å². The first-order chi connectivity index (χ1) is 9.17. The molecule has 2 aromatic rings. The van der Waals surface area contributed by atoms with Crippen LogP contribution < -0.4 is 0 Å². The standard InChI is InChI=1S/C12H17N5O2/c1-4-16-7-6-13-10(16)8-17-9(3)11(14-15-17)12(18)19-5-2/h6-7H,4-5,8H2,1-3H3. The summed E-state index contributed by atoms with van der Waals surface area (Å²) in [6.45, 7) is 7.25. The second-order valence-electron chi connectivity index (χ2n) is 4.03. The number of carbonyl (C=O) groups is 1. The summed E-state index contributed by atoms with van der Waals surface area (Å²) in [5, 5.41) is 7.85. The lowest BCUT2D eigenvalue weighted by Crippen LogP contribution is -2.11. The topological polar surface area (TPSA) is 74.8 Å². The molecule has 0 aromatic carbocycles. The van der Waals surface area contributed by atoms with E-state index in [0.717, 1.165) is 12.4 Å². The maximum absolute atomic E-state index is 11.6. The first-order valence-corrected chi connectivity index (χ1v) is 6.24. The van der Waals surface area contributed by atoms with Crippen molar-refractivity contribution in [3.8, 4) is 0 Å². The van der Waals surface area contributed by atoms with Gasteiger partial charge in [-0.2, -0.15) is 0 Å². The minimum atomic E-state index is -0.440. The lowest BCUT2D eigenvalue weighted by Gasteiger charge is -2.06. The van der Waals surface area contributed by atoms with Crippen LogP contribution in [0.25, 0.3) is 0 Å². The summed E-state index contributed by atoms with van der Waals surface area (Å²) >= 11 is 0. The predicted octanol–water partition coefficient (Wildman–Crippen LogP) is 1.03. The average molecular weight is 263 g/mol. The quantitative estimate of drug-likeness (QED) is 0.753. The van der Waals surface area contributed by atoms with Crippen molar-refractivity contribution in [2.24, 2.45) is 0 Å². The van der Waals surface area contributed by atoms with Crippen molar-refractivity contribution in [1.29, 1.82) is 0 Å². The van der Waals surface area contributed by atoms with Crippen LogP contribution in [0.5, 0.6) is 0 Å². The summed E-state index contributed by atoms with van der Waals surface area (Å²) in [7, 11) is 0. The summed E-state index contributed by atoms with van der Waals surface area (Å²) < 4.78 is 8.60. The Bertz CT molecular complexity index is 572. The fraction of sp³-hybridized carbons (Fsp3) is 0.500. The van der Waals surface area contributed by atoms with E-state index in [0.29, 0.717) is 18.8 Å². The van der Waals surface area contributed by atoms with Crippen LogP contribution >= 0.6 is 0 Å². The highest BCUT2D eigenvalue weighted by molar-refractivity contribution is 5.88. The minimum absolute atomic E-state index is 0.261. The van der Waals surface area contributed by atoms with E-state index in [4.69, 9.17) is 4.74 Å². The first kappa shape index (κ1) is 13.3. The maximum atomic E-state index is 11.6. The van der Waals surface area contributed by atoms with Crippen molar-refractivity contribution in [3.63, 3.8) is 0 Å². The van der Waals surface area contributed by atoms with E-state index in [-0.39, 0.29) is 5.69 Å². The zero-order chi connectivity index (χ0) is 13.8. The molecule has 0 N–H and O–H groups in total. The fourth-order valence-corrected chi connectivity index (χ4v) is 1.81. The smallest absolute Gasteiger partial charge is 0.360 e. The van der Waals surface area contributed by atoms with E-state index >= 15 is 0 Å². The van der Waals surface area contributed by atoms with Gasteiger partial charge in [-0.3, -0.25) is 0 Å². The molecule has 2 rings (SSSR count). The summed E-state index contributed by atoms with van der Waals surface area (Å²) in [5.41, 5.74) is 0.945. The molecular weight excluding hydrogens is 246 g/mol. The fourth-order valence-electron chi connectivity index (χ4n) is 1.81. The number of rotatable bonds is 5. The van der Waals surface area contributed by atoms with Gasteiger partial charge in [-0.15, -0.1) is 5.10 Å². The molecule has 2 heterocycles. The van der Waals surface area contributed by atoms with E-state index < -0.39 is 5.97 Å². The Morgan fingerprint density at radius 3 is 2.89 bits per heavy atom. The Hall–Kier alpha value is -2.18. The molecule has 0 fully saturated rings. The monoisotopic (exact) mass is 263 g/mol. The van der Waals surface area contributed by atoms with Gasteiger partial charge in [0.05, 0.1) is 12.3 Å². The average Bonchev–Trinajstić information content (AvgIpc) is 2.98. The molecule has 102 valence electrons. The summed E-state index contributed by atoms with van der Waals surface area (Å²) in [6.07, 6.45) is 3.66. The van der Waals surface area contributed by atoms with Gasteiger partial charge in [0.1, 0.15) is 12.4 Å². The highest BCUT2D eigenvalue weighted by atomic mass is 16.5. The molecule has 0 aliphatic rings. The normalized spacial score (nSPS) is 10.7. The number of aromatic nitrogens is 5. The van der Waals surface area contributed by atoms with Gasteiger partial charge in [0, 0.05) is 18.9 Å². The first-order valence-electron chi connectivity index (χ1n) is 6.24. The number of nitrogens with zero attached hydrogens (tertiary/aromatic N) is 5. The number of imidazole rings is 1. The Balaban J connectivity index is 2.21. The number of carbonyl (C=O) groups excluding carboxylic acids is 1. The Labute approximate surface area is 111 Å². The lowest BCUT2D eigenvalue weighted by atomic mass is 10.3. The predicted molar refractivity (Wildman–Crippen MR) is 67.7 cm³/mol. The minimum Gasteiger partial charge on any atom is -0.461 e. The molecule has 0 saturated carbocycles. The Kier molecular flexibility index (Phi) is 3.94. The van der Waals surface area contributed by atoms with Crippen molar-refractivity contribution in [1.82, 2.24) is 24.5 Å². The number of ether oxygens (including phenoxy) is 1. The molecule has 0 aliphatic heterocycles. The molecule has 7 nitrogen and oxygen atoms in total. The van der Waals surface area contributed by atoms with Crippen LogP contribution in [0, 0.1) is 6.92 Å². The number of hydrogen-bond acceptors (Lipinski definition) is 5. The highest BCUT2D eigenvalue weighted by Gasteiger charge is 2.18. The van der Waals surface area contributed by atoms with E-state index in [2.05, 4.69) is 15.3 Å². The third-order valence-corrected chi connectivity index (χ3v) is 2.88. The van der Waals surface area contributed by atoms with Gasteiger partial charge in [0.2, 0.25) is 0 Å². The van der Waals surface area contributed by atoms with Gasteiger partial charge in [-0.05, 0) is 20.8 Å². The van der Waals surface area contributed by atoms with Gasteiger partial charge in [0.25, 0.3) is 0 Å². The van der Waals surface area contributed by atoms with Gasteiger partial charge in [0.15, 0.2) is 5.69 Å². The summed E-state index contributed by atoms with van der Waals surface area (Å²) in [5.74, 6) is 0.441. The van der Waals surface area contributed by atoms with E-state index in [9.17, 15) is 4.79 Å².